The largest absolute Gasteiger partial charge is 0.489 e. The number of aromatic nitrogens is 2. The van der Waals surface area contributed by atoms with Gasteiger partial charge in [-0.05, 0) is 36.8 Å². The molecule has 3 rings (SSSR count). The van der Waals surface area contributed by atoms with Crippen LogP contribution in [-0.4, -0.2) is 23.9 Å². The van der Waals surface area contributed by atoms with Gasteiger partial charge in [0.15, 0.2) is 0 Å². The van der Waals surface area contributed by atoms with Gasteiger partial charge in [0, 0.05) is 30.9 Å². The molecule has 0 spiro atoms. The molecule has 0 radical (unpaired) electrons. The van der Waals surface area contributed by atoms with Gasteiger partial charge in [0.1, 0.15) is 23.1 Å². The monoisotopic (exact) mass is 371 g/mol. The van der Waals surface area contributed by atoms with Crippen LogP contribution in [0.3, 0.4) is 0 Å². The van der Waals surface area contributed by atoms with E-state index >= 15 is 0 Å². The molecule has 0 amide bonds. The zero-order chi connectivity index (χ0) is 18.7. The minimum absolute atomic E-state index is 0.495. The number of nitrogens with zero attached hydrogens (tertiary/aromatic N) is 2. The van der Waals surface area contributed by atoms with E-state index in [1.807, 2.05) is 50.4 Å². The molecular formula is C20H22ClN3O2. The Morgan fingerprint density at radius 1 is 1.19 bits per heavy atom. The Labute approximate surface area is 158 Å². The number of aryl methyl sites for hydroxylation is 2. The Hall–Kier alpha value is -2.66. The molecule has 1 heterocycles. The van der Waals surface area contributed by atoms with E-state index in [4.69, 9.17) is 21.1 Å². The van der Waals surface area contributed by atoms with Crippen molar-refractivity contribution in [3.63, 3.8) is 0 Å². The molecule has 0 bridgehead atoms. The van der Waals surface area contributed by atoms with E-state index < -0.39 is 0 Å². The Bertz CT molecular complexity index is 921. The first-order valence-corrected chi connectivity index (χ1v) is 8.69. The molecule has 0 unspecified atom stereocenters. The summed E-state index contributed by atoms with van der Waals surface area (Å²) in [5.41, 5.74) is 4.81. The Morgan fingerprint density at radius 2 is 1.96 bits per heavy atom. The van der Waals surface area contributed by atoms with Gasteiger partial charge in [-0.15, -0.1) is 0 Å². The average Bonchev–Trinajstić information content (AvgIpc) is 2.94. The van der Waals surface area contributed by atoms with Crippen LogP contribution in [0.25, 0.3) is 11.3 Å². The Morgan fingerprint density at radius 3 is 2.62 bits per heavy atom. The van der Waals surface area contributed by atoms with E-state index in [0.29, 0.717) is 23.2 Å². The maximum Gasteiger partial charge on any atom is 0.231 e. The van der Waals surface area contributed by atoms with E-state index in [-0.39, 0.29) is 0 Å². The normalized spacial score (nSPS) is 10.7. The molecule has 0 aliphatic rings. The summed E-state index contributed by atoms with van der Waals surface area (Å²) in [4.78, 5) is 0. The maximum atomic E-state index is 6.38. The summed E-state index contributed by atoms with van der Waals surface area (Å²) in [5, 5.41) is 8.13. The van der Waals surface area contributed by atoms with Gasteiger partial charge in [-0.25, -0.2) is 4.68 Å². The minimum atomic E-state index is 0.495. The molecule has 1 aromatic heterocycles. The second kappa shape index (κ2) is 7.70. The lowest BCUT2D eigenvalue weighted by atomic mass is 10.1. The van der Waals surface area contributed by atoms with Crippen molar-refractivity contribution >= 4 is 17.3 Å². The highest BCUT2D eigenvalue weighted by Gasteiger charge is 2.17. The van der Waals surface area contributed by atoms with Crippen LogP contribution in [0.1, 0.15) is 11.1 Å². The molecule has 0 aliphatic carbocycles. The van der Waals surface area contributed by atoms with Crippen LogP contribution >= 0.6 is 11.6 Å². The standard InChI is InChI=1S/C20H22ClN3O2/c1-13-11-14(19-18(21)20(25-4)24(3)23-19)9-10-17(13)26-12-15-7-5-6-8-16(15)22-2/h5-11,22H,12H2,1-4H3. The number of benzene rings is 2. The second-order valence-corrected chi connectivity index (χ2v) is 6.35. The van der Waals surface area contributed by atoms with E-state index in [1.54, 1.807) is 18.8 Å². The number of para-hydroxylation sites is 1. The van der Waals surface area contributed by atoms with Gasteiger partial charge in [-0.1, -0.05) is 29.8 Å². The van der Waals surface area contributed by atoms with Crippen LogP contribution in [0, 0.1) is 6.92 Å². The van der Waals surface area contributed by atoms with E-state index in [0.717, 1.165) is 28.1 Å². The maximum absolute atomic E-state index is 6.38. The van der Waals surface area contributed by atoms with E-state index in [1.165, 1.54) is 0 Å². The SMILES string of the molecule is CNc1ccccc1COc1ccc(-c2nn(C)c(OC)c2Cl)cc1C. The van der Waals surface area contributed by atoms with E-state index in [2.05, 4.69) is 16.5 Å². The zero-order valence-corrected chi connectivity index (χ0v) is 16.1. The van der Waals surface area contributed by atoms with Crippen LogP contribution in [0.15, 0.2) is 42.5 Å². The van der Waals surface area contributed by atoms with Crippen molar-refractivity contribution in [2.45, 2.75) is 13.5 Å². The van der Waals surface area contributed by atoms with Crippen molar-refractivity contribution in [2.75, 3.05) is 19.5 Å². The molecule has 0 fully saturated rings. The molecule has 5 nitrogen and oxygen atoms in total. The van der Waals surface area contributed by atoms with Gasteiger partial charge in [-0.2, -0.15) is 5.10 Å². The second-order valence-electron chi connectivity index (χ2n) is 5.97. The van der Waals surface area contributed by atoms with Gasteiger partial charge in [0.2, 0.25) is 5.88 Å². The van der Waals surface area contributed by atoms with E-state index in [9.17, 15) is 0 Å². The smallest absolute Gasteiger partial charge is 0.231 e. The lowest BCUT2D eigenvalue weighted by Gasteiger charge is -2.13. The molecule has 26 heavy (non-hydrogen) atoms. The lowest BCUT2D eigenvalue weighted by molar-refractivity contribution is 0.305. The molecule has 136 valence electrons. The summed E-state index contributed by atoms with van der Waals surface area (Å²) >= 11 is 6.38. The predicted molar refractivity (Wildman–Crippen MR) is 105 cm³/mol. The predicted octanol–water partition coefficient (Wildman–Crippen LogP) is 4.68. The van der Waals surface area contributed by atoms with Crippen molar-refractivity contribution in [1.82, 2.24) is 9.78 Å². The van der Waals surface area contributed by atoms with Gasteiger partial charge < -0.3 is 14.8 Å². The summed E-state index contributed by atoms with van der Waals surface area (Å²) in [6.45, 7) is 2.51. The minimum Gasteiger partial charge on any atom is -0.489 e. The molecule has 1 N–H and O–H groups in total. The fraction of sp³-hybridized carbons (Fsp3) is 0.250. The summed E-state index contributed by atoms with van der Waals surface area (Å²) in [5.74, 6) is 1.38. The summed E-state index contributed by atoms with van der Waals surface area (Å²) in [7, 11) is 5.29. The van der Waals surface area contributed by atoms with Crippen molar-refractivity contribution < 1.29 is 9.47 Å². The fourth-order valence-electron chi connectivity index (χ4n) is 2.89. The number of hydrogen-bond donors (Lipinski definition) is 1. The van der Waals surface area contributed by atoms with Gasteiger partial charge in [0.25, 0.3) is 0 Å². The number of anilines is 1. The van der Waals surface area contributed by atoms with Crippen LogP contribution in [0.4, 0.5) is 5.69 Å². The third-order valence-electron chi connectivity index (χ3n) is 4.25. The quantitative estimate of drug-likeness (QED) is 0.683. The Balaban J connectivity index is 1.82. The molecular weight excluding hydrogens is 350 g/mol. The molecule has 0 atom stereocenters. The van der Waals surface area contributed by atoms with Crippen molar-refractivity contribution in [2.24, 2.45) is 7.05 Å². The molecule has 0 aliphatic heterocycles. The third kappa shape index (κ3) is 3.48. The van der Waals surface area contributed by atoms with Crippen LogP contribution in [0.5, 0.6) is 11.6 Å². The number of rotatable bonds is 6. The summed E-state index contributed by atoms with van der Waals surface area (Å²) < 4.78 is 12.9. The number of halogens is 1. The molecule has 3 aromatic rings. The molecule has 0 saturated heterocycles. The van der Waals surface area contributed by atoms with Crippen LogP contribution < -0.4 is 14.8 Å². The Kier molecular flexibility index (Phi) is 5.38. The average molecular weight is 372 g/mol. The topological polar surface area (TPSA) is 48.3 Å². The van der Waals surface area contributed by atoms with Gasteiger partial charge in [0.05, 0.1) is 7.11 Å². The van der Waals surface area contributed by atoms with Gasteiger partial charge in [-0.3, -0.25) is 0 Å². The van der Waals surface area contributed by atoms with Crippen LogP contribution in [0.2, 0.25) is 5.02 Å². The first kappa shape index (κ1) is 18.1. The molecule has 0 saturated carbocycles. The number of hydrogen-bond acceptors (Lipinski definition) is 4. The summed E-state index contributed by atoms with van der Waals surface area (Å²) in [6, 6.07) is 14.0. The number of ether oxygens (including phenoxy) is 2. The zero-order valence-electron chi connectivity index (χ0n) is 15.3. The van der Waals surface area contributed by atoms with Crippen molar-refractivity contribution in [3.05, 3.63) is 58.6 Å². The molecule has 2 aromatic carbocycles. The fourth-order valence-corrected chi connectivity index (χ4v) is 3.24. The first-order valence-electron chi connectivity index (χ1n) is 8.31. The van der Waals surface area contributed by atoms with Crippen molar-refractivity contribution in [3.8, 4) is 22.9 Å². The highest BCUT2D eigenvalue weighted by atomic mass is 35.5. The van der Waals surface area contributed by atoms with Crippen molar-refractivity contribution in [1.29, 1.82) is 0 Å². The van der Waals surface area contributed by atoms with Crippen LogP contribution in [-0.2, 0) is 13.7 Å². The number of methoxy groups -OCH3 is 1. The molecule has 6 heteroatoms. The highest BCUT2D eigenvalue weighted by Crippen LogP contribution is 2.36. The summed E-state index contributed by atoms with van der Waals surface area (Å²) in [6.07, 6.45) is 0. The highest BCUT2D eigenvalue weighted by molar-refractivity contribution is 6.34. The lowest BCUT2D eigenvalue weighted by Crippen LogP contribution is -2.01. The third-order valence-corrected chi connectivity index (χ3v) is 4.59. The van der Waals surface area contributed by atoms with Gasteiger partial charge >= 0.3 is 0 Å². The first-order chi connectivity index (χ1) is 12.5. The number of nitrogens with one attached hydrogen (secondary N) is 1.